The first kappa shape index (κ1) is 15.2. The Labute approximate surface area is 134 Å². The van der Waals surface area contributed by atoms with Crippen molar-refractivity contribution < 1.29 is 9.85 Å². The van der Waals surface area contributed by atoms with Gasteiger partial charge in [0.05, 0.1) is 22.1 Å². The number of nitrogens with zero attached hydrogens (tertiary/aromatic N) is 3. The van der Waals surface area contributed by atoms with Crippen molar-refractivity contribution in [1.29, 1.82) is 0 Å². The highest BCUT2D eigenvalue weighted by Crippen LogP contribution is 2.28. The molecule has 0 fully saturated rings. The molecule has 0 aliphatic heterocycles. The van der Waals surface area contributed by atoms with Gasteiger partial charge >= 0.3 is 5.69 Å². The Morgan fingerprint density at radius 2 is 1.88 bits per heavy atom. The summed E-state index contributed by atoms with van der Waals surface area (Å²) in [5, 5.41) is 26.7. The zero-order valence-electron chi connectivity index (χ0n) is 12.2. The molecular weight excluding hydrogens is 314 g/mol. The Morgan fingerprint density at radius 3 is 2.62 bits per heavy atom. The van der Waals surface area contributed by atoms with Gasteiger partial charge in [-0.1, -0.05) is 18.2 Å². The first-order chi connectivity index (χ1) is 11.6. The number of aromatic amines is 1. The second-order valence-electron chi connectivity index (χ2n) is 4.88. The number of benzene rings is 2. The fourth-order valence-corrected chi connectivity index (χ4v) is 2.25. The van der Waals surface area contributed by atoms with Crippen molar-refractivity contribution >= 4 is 34.2 Å². The molecule has 0 saturated heterocycles. The molecule has 2 N–H and O–H groups in total. The topological polar surface area (TPSA) is 126 Å². The van der Waals surface area contributed by atoms with Crippen LogP contribution < -0.4 is 5.43 Å². The van der Waals surface area contributed by atoms with Gasteiger partial charge in [0.1, 0.15) is 5.69 Å². The zero-order valence-corrected chi connectivity index (χ0v) is 12.2. The van der Waals surface area contributed by atoms with Crippen LogP contribution in [0, 0.1) is 20.2 Å². The highest BCUT2D eigenvalue weighted by atomic mass is 16.6. The van der Waals surface area contributed by atoms with Crippen LogP contribution in [0.15, 0.2) is 53.8 Å². The molecule has 1 aromatic heterocycles. The summed E-state index contributed by atoms with van der Waals surface area (Å²) in [5.74, 6) is 0. The van der Waals surface area contributed by atoms with E-state index in [9.17, 15) is 20.2 Å². The lowest BCUT2D eigenvalue weighted by atomic mass is 10.2. The van der Waals surface area contributed by atoms with Gasteiger partial charge in [-0.15, -0.1) is 0 Å². The van der Waals surface area contributed by atoms with Gasteiger partial charge in [0.15, 0.2) is 0 Å². The smallest absolute Gasteiger partial charge is 0.301 e. The molecule has 3 rings (SSSR count). The summed E-state index contributed by atoms with van der Waals surface area (Å²) in [5.41, 5.74) is 3.61. The quantitative estimate of drug-likeness (QED) is 0.422. The molecule has 0 spiro atoms. The fourth-order valence-electron chi connectivity index (χ4n) is 2.25. The van der Waals surface area contributed by atoms with Crippen LogP contribution in [0.25, 0.3) is 10.9 Å². The Morgan fingerprint density at radius 1 is 1.08 bits per heavy atom. The predicted octanol–water partition coefficient (Wildman–Crippen LogP) is 3.43. The van der Waals surface area contributed by atoms with Gasteiger partial charge in [0.25, 0.3) is 5.69 Å². The maximum Gasteiger partial charge on any atom is 0.301 e. The van der Waals surface area contributed by atoms with Crippen LogP contribution >= 0.6 is 0 Å². The van der Waals surface area contributed by atoms with E-state index >= 15 is 0 Å². The summed E-state index contributed by atoms with van der Waals surface area (Å²) >= 11 is 0. The molecule has 3 aromatic rings. The summed E-state index contributed by atoms with van der Waals surface area (Å²) in [6, 6.07) is 11.0. The monoisotopic (exact) mass is 325 g/mol. The molecule has 0 aliphatic carbocycles. The average molecular weight is 325 g/mol. The Kier molecular flexibility index (Phi) is 3.89. The van der Waals surface area contributed by atoms with Crippen molar-refractivity contribution in [2.45, 2.75) is 0 Å². The first-order valence-electron chi connectivity index (χ1n) is 6.84. The number of hydrazone groups is 1. The summed E-state index contributed by atoms with van der Waals surface area (Å²) in [4.78, 5) is 23.5. The molecule has 0 aliphatic rings. The van der Waals surface area contributed by atoms with E-state index in [0.29, 0.717) is 0 Å². The minimum absolute atomic E-state index is 0.0710. The van der Waals surface area contributed by atoms with Gasteiger partial charge < -0.3 is 4.98 Å². The summed E-state index contributed by atoms with van der Waals surface area (Å²) in [6.07, 6.45) is 3.28. The highest BCUT2D eigenvalue weighted by Gasteiger charge is 2.19. The average Bonchev–Trinajstić information content (AvgIpc) is 2.98. The number of nitrogens with one attached hydrogen (secondary N) is 2. The van der Waals surface area contributed by atoms with E-state index in [1.165, 1.54) is 18.3 Å². The number of nitro benzene ring substituents is 2. The van der Waals surface area contributed by atoms with Gasteiger partial charge in [0.2, 0.25) is 0 Å². The number of rotatable bonds is 5. The van der Waals surface area contributed by atoms with E-state index in [1.54, 1.807) is 6.20 Å². The van der Waals surface area contributed by atoms with Crippen LogP contribution in [-0.4, -0.2) is 21.0 Å². The second kappa shape index (κ2) is 6.16. The van der Waals surface area contributed by atoms with Crippen molar-refractivity contribution in [1.82, 2.24) is 4.98 Å². The predicted molar refractivity (Wildman–Crippen MR) is 89.3 cm³/mol. The van der Waals surface area contributed by atoms with Gasteiger partial charge in [0, 0.05) is 28.7 Å². The zero-order chi connectivity index (χ0) is 17.1. The van der Waals surface area contributed by atoms with Crippen LogP contribution in [0.3, 0.4) is 0 Å². The minimum atomic E-state index is -0.698. The molecule has 0 amide bonds. The number of para-hydroxylation sites is 1. The van der Waals surface area contributed by atoms with Crippen LogP contribution in [0.2, 0.25) is 0 Å². The number of nitro groups is 2. The largest absolute Gasteiger partial charge is 0.361 e. The van der Waals surface area contributed by atoms with Crippen molar-refractivity contribution in [2.24, 2.45) is 5.10 Å². The van der Waals surface area contributed by atoms with Crippen LogP contribution in [0.1, 0.15) is 5.56 Å². The third-order valence-electron chi connectivity index (χ3n) is 3.40. The molecule has 0 unspecified atom stereocenters. The van der Waals surface area contributed by atoms with Crippen molar-refractivity contribution in [3.63, 3.8) is 0 Å². The number of non-ortho nitro benzene ring substituents is 1. The number of fused-ring (bicyclic) bond motifs is 1. The summed E-state index contributed by atoms with van der Waals surface area (Å²) in [6.45, 7) is 0. The fraction of sp³-hybridized carbons (Fsp3) is 0. The molecule has 0 atom stereocenters. The third-order valence-corrected chi connectivity index (χ3v) is 3.40. The number of hydrogen-bond donors (Lipinski definition) is 2. The molecule has 120 valence electrons. The molecule has 0 bridgehead atoms. The van der Waals surface area contributed by atoms with E-state index in [2.05, 4.69) is 15.5 Å². The van der Waals surface area contributed by atoms with E-state index in [1.807, 2.05) is 24.3 Å². The maximum atomic E-state index is 11.0. The Hall–Kier alpha value is -3.75. The maximum absolute atomic E-state index is 11.0. The standard InChI is InChI=1S/C15H11N5O4/c21-19(22)11-5-6-14(15(7-11)20(23)24)18-17-9-10-8-16-13-4-2-1-3-12(10)13/h1-9,16,18H/b17-9+. The molecule has 9 heteroatoms. The molecule has 1 heterocycles. The lowest BCUT2D eigenvalue weighted by Crippen LogP contribution is -1.98. The SMILES string of the molecule is O=[N+]([O-])c1ccc(N/N=C/c2c[nH]c3ccccc23)c([N+](=O)[O-])c1. The number of aromatic nitrogens is 1. The third kappa shape index (κ3) is 2.90. The van der Waals surface area contributed by atoms with Gasteiger partial charge in [-0.05, 0) is 12.1 Å². The van der Waals surface area contributed by atoms with Crippen molar-refractivity contribution in [3.05, 3.63) is 74.5 Å². The summed E-state index contributed by atoms with van der Waals surface area (Å²) < 4.78 is 0. The van der Waals surface area contributed by atoms with E-state index in [-0.39, 0.29) is 11.4 Å². The van der Waals surface area contributed by atoms with Gasteiger partial charge in [-0.25, -0.2) is 0 Å². The van der Waals surface area contributed by atoms with E-state index in [0.717, 1.165) is 22.5 Å². The van der Waals surface area contributed by atoms with E-state index < -0.39 is 15.5 Å². The Bertz CT molecular complexity index is 963. The van der Waals surface area contributed by atoms with Crippen LogP contribution in [0.4, 0.5) is 17.1 Å². The molecule has 0 radical (unpaired) electrons. The molecule has 9 nitrogen and oxygen atoms in total. The number of H-pyrrole nitrogens is 1. The van der Waals surface area contributed by atoms with E-state index in [4.69, 9.17) is 0 Å². The number of anilines is 1. The molecule has 24 heavy (non-hydrogen) atoms. The minimum Gasteiger partial charge on any atom is -0.361 e. The van der Waals surface area contributed by atoms with Crippen LogP contribution in [-0.2, 0) is 0 Å². The molecule has 2 aromatic carbocycles. The molecular formula is C15H11N5O4. The van der Waals surface area contributed by atoms with Crippen molar-refractivity contribution in [3.8, 4) is 0 Å². The first-order valence-corrected chi connectivity index (χ1v) is 6.84. The normalized spacial score (nSPS) is 11.0. The molecule has 0 saturated carbocycles. The van der Waals surface area contributed by atoms with Gasteiger partial charge in [-0.2, -0.15) is 5.10 Å². The Balaban J connectivity index is 1.86. The lowest BCUT2D eigenvalue weighted by Gasteiger charge is -2.01. The van der Waals surface area contributed by atoms with Gasteiger partial charge in [-0.3, -0.25) is 25.7 Å². The van der Waals surface area contributed by atoms with Crippen molar-refractivity contribution in [2.75, 3.05) is 5.43 Å². The summed E-state index contributed by atoms with van der Waals surface area (Å²) in [7, 11) is 0. The van der Waals surface area contributed by atoms with Crippen LogP contribution in [0.5, 0.6) is 0 Å². The number of hydrogen-bond acceptors (Lipinski definition) is 6. The second-order valence-corrected chi connectivity index (χ2v) is 4.88. The lowest BCUT2D eigenvalue weighted by molar-refractivity contribution is -0.393. The highest BCUT2D eigenvalue weighted by molar-refractivity contribution is 5.99.